The van der Waals surface area contributed by atoms with Crippen LogP contribution in [-0.4, -0.2) is 43.8 Å². The van der Waals surface area contributed by atoms with Gasteiger partial charge in [0.25, 0.3) is 0 Å². The summed E-state index contributed by atoms with van der Waals surface area (Å²) in [4.78, 5) is 17.7. The molecule has 1 aromatic heterocycles. The van der Waals surface area contributed by atoms with Crippen molar-refractivity contribution in [1.82, 2.24) is 25.0 Å². The van der Waals surface area contributed by atoms with Gasteiger partial charge in [0.2, 0.25) is 5.91 Å². The van der Waals surface area contributed by atoms with Crippen LogP contribution in [0, 0.1) is 17.2 Å². The largest absolute Gasteiger partial charge is 0.312 e. The zero-order chi connectivity index (χ0) is 15.6. The number of likely N-dealkylation sites (tertiary alicyclic amines) is 1. The number of carbonyl (C=O) groups is 1. The SMILES string of the molecule is CC(=O)N1CCC(Cn2cncn2)C1(C#N)NC1CCCC1. The summed E-state index contributed by atoms with van der Waals surface area (Å²) in [5, 5.41) is 17.6. The van der Waals surface area contributed by atoms with Crippen molar-refractivity contribution in [3.63, 3.8) is 0 Å². The first-order valence-corrected chi connectivity index (χ1v) is 7.95. The molecule has 1 N–H and O–H groups in total. The minimum atomic E-state index is -0.924. The molecule has 0 spiro atoms. The molecule has 1 saturated heterocycles. The van der Waals surface area contributed by atoms with Crippen molar-refractivity contribution in [3.05, 3.63) is 12.7 Å². The first-order valence-electron chi connectivity index (χ1n) is 7.95. The molecule has 2 unspecified atom stereocenters. The summed E-state index contributed by atoms with van der Waals surface area (Å²) in [6.07, 6.45) is 8.48. The minimum Gasteiger partial charge on any atom is -0.312 e. The fourth-order valence-corrected chi connectivity index (χ4v) is 3.83. The van der Waals surface area contributed by atoms with Crippen molar-refractivity contribution in [2.75, 3.05) is 6.54 Å². The Kier molecular flexibility index (Phi) is 4.12. The molecule has 7 heteroatoms. The standard InChI is InChI=1S/C15H22N6O/c1-12(22)21-7-6-13(8-20-11-17-10-18-20)15(21,9-16)19-14-4-2-3-5-14/h10-11,13-14,19H,2-8H2,1H3. The molecule has 2 fully saturated rings. The lowest BCUT2D eigenvalue weighted by Crippen LogP contribution is -2.62. The summed E-state index contributed by atoms with van der Waals surface area (Å²) in [6.45, 7) is 2.75. The second-order valence-electron chi connectivity index (χ2n) is 6.28. The zero-order valence-electron chi connectivity index (χ0n) is 12.9. The summed E-state index contributed by atoms with van der Waals surface area (Å²) >= 11 is 0. The number of rotatable bonds is 4. The molecular weight excluding hydrogens is 280 g/mol. The number of aromatic nitrogens is 3. The summed E-state index contributed by atoms with van der Waals surface area (Å²) in [5.74, 6) is -0.0307. The monoisotopic (exact) mass is 302 g/mol. The van der Waals surface area contributed by atoms with Gasteiger partial charge in [0.1, 0.15) is 18.7 Å². The number of nitrogens with zero attached hydrogens (tertiary/aromatic N) is 5. The third-order valence-corrected chi connectivity index (χ3v) is 4.92. The van der Waals surface area contributed by atoms with Crippen LogP contribution in [0.5, 0.6) is 0 Å². The molecule has 22 heavy (non-hydrogen) atoms. The predicted molar refractivity (Wildman–Crippen MR) is 79.3 cm³/mol. The van der Waals surface area contributed by atoms with Crippen molar-refractivity contribution in [3.8, 4) is 6.07 Å². The van der Waals surface area contributed by atoms with Crippen LogP contribution in [0.25, 0.3) is 0 Å². The molecular formula is C15H22N6O. The van der Waals surface area contributed by atoms with Gasteiger partial charge in [-0.3, -0.25) is 14.8 Å². The van der Waals surface area contributed by atoms with E-state index >= 15 is 0 Å². The highest BCUT2D eigenvalue weighted by molar-refractivity contribution is 5.75. The molecule has 0 bridgehead atoms. The van der Waals surface area contributed by atoms with Crippen LogP contribution in [0.3, 0.4) is 0 Å². The lowest BCUT2D eigenvalue weighted by atomic mass is 9.92. The van der Waals surface area contributed by atoms with Crippen molar-refractivity contribution in [2.45, 2.75) is 57.3 Å². The topological polar surface area (TPSA) is 86.8 Å². The Morgan fingerprint density at radius 3 is 2.82 bits per heavy atom. The van der Waals surface area contributed by atoms with Gasteiger partial charge in [0.15, 0.2) is 5.66 Å². The molecule has 118 valence electrons. The Labute approximate surface area is 130 Å². The number of amides is 1. The van der Waals surface area contributed by atoms with Crippen LogP contribution >= 0.6 is 0 Å². The van der Waals surface area contributed by atoms with Crippen LogP contribution < -0.4 is 5.32 Å². The van der Waals surface area contributed by atoms with Gasteiger partial charge >= 0.3 is 0 Å². The van der Waals surface area contributed by atoms with E-state index in [0.29, 0.717) is 19.1 Å². The lowest BCUT2D eigenvalue weighted by Gasteiger charge is -2.39. The van der Waals surface area contributed by atoms with Crippen LogP contribution in [0.4, 0.5) is 0 Å². The molecule has 7 nitrogen and oxygen atoms in total. The normalized spacial score (nSPS) is 28.9. The van der Waals surface area contributed by atoms with E-state index in [9.17, 15) is 10.1 Å². The van der Waals surface area contributed by atoms with E-state index in [1.807, 2.05) is 0 Å². The van der Waals surface area contributed by atoms with E-state index in [0.717, 1.165) is 19.3 Å². The summed E-state index contributed by atoms with van der Waals surface area (Å²) in [5.41, 5.74) is -0.924. The Bertz CT molecular complexity index is 559. The number of hydrogen-bond acceptors (Lipinski definition) is 5. The maximum absolute atomic E-state index is 12.0. The molecule has 2 heterocycles. The van der Waals surface area contributed by atoms with Crippen LogP contribution in [0.2, 0.25) is 0 Å². The minimum absolute atomic E-state index is 0.0173. The second kappa shape index (κ2) is 6.05. The van der Waals surface area contributed by atoms with Gasteiger partial charge in [-0.1, -0.05) is 12.8 Å². The van der Waals surface area contributed by atoms with Gasteiger partial charge in [0, 0.05) is 25.4 Å². The number of nitrogens with one attached hydrogen (secondary N) is 1. The van der Waals surface area contributed by atoms with Gasteiger partial charge in [-0.15, -0.1) is 0 Å². The Hall–Kier alpha value is -1.94. The van der Waals surface area contributed by atoms with E-state index in [4.69, 9.17) is 0 Å². The first kappa shape index (κ1) is 15.0. The van der Waals surface area contributed by atoms with Gasteiger partial charge < -0.3 is 4.90 Å². The quantitative estimate of drug-likeness (QED) is 0.893. The van der Waals surface area contributed by atoms with E-state index in [1.165, 1.54) is 19.2 Å². The summed E-state index contributed by atoms with van der Waals surface area (Å²) in [6, 6.07) is 2.75. The predicted octanol–water partition coefficient (Wildman–Crippen LogP) is 0.899. The number of carbonyl (C=O) groups excluding carboxylic acids is 1. The smallest absolute Gasteiger partial charge is 0.221 e. The van der Waals surface area contributed by atoms with Crippen LogP contribution in [-0.2, 0) is 11.3 Å². The molecule has 1 aromatic rings. The lowest BCUT2D eigenvalue weighted by molar-refractivity contribution is -0.133. The van der Waals surface area contributed by atoms with E-state index < -0.39 is 5.66 Å². The third kappa shape index (κ3) is 2.59. The third-order valence-electron chi connectivity index (χ3n) is 4.92. The van der Waals surface area contributed by atoms with Crippen molar-refractivity contribution < 1.29 is 4.79 Å². The number of nitriles is 1. The Morgan fingerprint density at radius 1 is 1.45 bits per heavy atom. The van der Waals surface area contributed by atoms with Crippen molar-refractivity contribution in [1.29, 1.82) is 5.26 Å². The molecule has 2 aliphatic rings. The molecule has 2 atom stereocenters. The maximum atomic E-state index is 12.0. The zero-order valence-corrected chi connectivity index (χ0v) is 12.9. The molecule has 0 radical (unpaired) electrons. The number of hydrogen-bond donors (Lipinski definition) is 1. The van der Waals surface area contributed by atoms with Crippen LogP contribution in [0.15, 0.2) is 12.7 Å². The van der Waals surface area contributed by atoms with Gasteiger partial charge in [-0.2, -0.15) is 10.4 Å². The molecule has 1 saturated carbocycles. The molecule has 3 rings (SSSR count). The van der Waals surface area contributed by atoms with E-state index in [1.54, 1.807) is 22.8 Å². The van der Waals surface area contributed by atoms with E-state index in [-0.39, 0.29) is 11.8 Å². The fourth-order valence-electron chi connectivity index (χ4n) is 3.83. The van der Waals surface area contributed by atoms with Gasteiger partial charge in [-0.25, -0.2) is 4.98 Å². The first-order chi connectivity index (χ1) is 10.7. The average Bonchev–Trinajstić information content (AvgIpc) is 3.22. The molecule has 1 aliphatic carbocycles. The highest BCUT2D eigenvalue weighted by Gasteiger charge is 2.52. The second-order valence-corrected chi connectivity index (χ2v) is 6.28. The fraction of sp³-hybridized carbons (Fsp3) is 0.733. The Balaban J connectivity index is 1.86. The average molecular weight is 302 g/mol. The summed E-state index contributed by atoms with van der Waals surface area (Å²) in [7, 11) is 0. The maximum Gasteiger partial charge on any atom is 0.221 e. The van der Waals surface area contributed by atoms with Crippen LogP contribution in [0.1, 0.15) is 39.0 Å². The molecule has 0 aromatic carbocycles. The molecule has 1 aliphatic heterocycles. The molecule has 1 amide bonds. The van der Waals surface area contributed by atoms with Gasteiger partial charge in [-0.05, 0) is 19.3 Å². The Morgan fingerprint density at radius 2 is 2.23 bits per heavy atom. The van der Waals surface area contributed by atoms with E-state index in [2.05, 4.69) is 21.5 Å². The van der Waals surface area contributed by atoms with Gasteiger partial charge in [0.05, 0.1) is 6.54 Å². The highest BCUT2D eigenvalue weighted by atomic mass is 16.2. The van der Waals surface area contributed by atoms with Crippen molar-refractivity contribution >= 4 is 5.91 Å². The summed E-state index contributed by atoms with van der Waals surface area (Å²) < 4.78 is 1.75. The van der Waals surface area contributed by atoms with Crippen molar-refractivity contribution in [2.24, 2.45) is 5.92 Å². The highest BCUT2D eigenvalue weighted by Crippen LogP contribution is 2.36.